The summed E-state index contributed by atoms with van der Waals surface area (Å²) < 4.78 is 0. The number of nitrogens with zero attached hydrogens (tertiary/aromatic N) is 1. The Morgan fingerprint density at radius 1 is 1.32 bits per heavy atom. The van der Waals surface area contributed by atoms with E-state index in [2.05, 4.69) is 12.2 Å². The summed E-state index contributed by atoms with van der Waals surface area (Å²) in [4.78, 5) is 24.9. The van der Waals surface area contributed by atoms with Crippen LogP contribution in [-0.2, 0) is 4.79 Å². The van der Waals surface area contributed by atoms with Crippen LogP contribution in [0.3, 0.4) is 0 Å². The van der Waals surface area contributed by atoms with Crippen molar-refractivity contribution in [1.29, 1.82) is 0 Å². The second kappa shape index (κ2) is 8.02. The van der Waals surface area contributed by atoms with E-state index in [0.29, 0.717) is 6.54 Å². The summed E-state index contributed by atoms with van der Waals surface area (Å²) in [7, 11) is 1.71. The predicted molar refractivity (Wildman–Crippen MR) is 74.1 cm³/mol. The number of nitrogens with one attached hydrogen (secondary N) is 1. The van der Waals surface area contributed by atoms with Crippen LogP contribution in [0, 0.1) is 5.92 Å². The number of urea groups is 1. The SMILES string of the molecule is CCCCN(C)C(=O)NC(C(=O)O)C1CCCCC1. The van der Waals surface area contributed by atoms with Crippen molar-refractivity contribution in [3.63, 3.8) is 0 Å². The molecule has 5 nitrogen and oxygen atoms in total. The molecule has 0 heterocycles. The fourth-order valence-corrected chi connectivity index (χ4v) is 2.59. The van der Waals surface area contributed by atoms with Crippen molar-refractivity contribution < 1.29 is 14.7 Å². The molecule has 1 unspecified atom stereocenters. The highest BCUT2D eigenvalue weighted by Crippen LogP contribution is 2.26. The van der Waals surface area contributed by atoms with Gasteiger partial charge >= 0.3 is 12.0 Å². The summed E-state index contributed by atoms with van der Waals surface area (Å²) in [5.41, 5.74) is 0. The van der Waals surface area contributed by atoms with E-state index >= 15 is 0 Å². The van der Waals surface area contributed by atoms with Gasteiger partial charge in [0.1, 0.15) is 6.04 Å². The number of hydrogen-bond donors (Lipinski definition) is 2. The zero-order chi connectivity index (χ0) is 14.3. The minimum Gasteiger partial charge on any atom is -0.480 e. The van der Waals surface area contributed by atoms with Gasteiger partial charge in [-0.3, -0.25) is 0 Å². The molecule has 0 saturated heterocycles. The molecule has 1 aliphatic rings. The smallest absolute Gasteiger partial charge is 0.326 e. The highest BCUT2D eigenvalue weighted by molar-refractivity contribution is 5.82. The Labute approximate surface area is 115 Å². The van der Waals surface area contributed by atoms with Gasteiger partial charge in [0.15, 0.2) is 0 Å². The van der Waals surface area contributed by atoms with Crippen molar-refractivity contribution in [3.8, 4) is 0 Å². The number of amides is 2. The molecule has 2 amide bonds. The third-order valence-corrected chi connectivity index (χ3v) is 3.86. The largest absolute Gasteiger partial charge is 0.480 e. The van der Waals surface area contributed by atoms with E-state index in [-0.39, 0.29) is 11.9 Å². The van der Waals surface area contributed by atoms with Crippen LogP contribution in [0.2, 0.25) is 0 Å². The van der Waals surface area contributed by atoms with Crippen LogP contribution in [0.5, 0.6) is 0 Å². The van der Waals surface area contributed by atoms with Crippen molar-refractivity contribution in [1.82, 2.24) is 10.2 Å². The zero-order valence-electron chi connectivity index (χ0n) is 12.0. The fourth-order valence-electron chi connectivity index (χ4n) is 2.59. The summed E-state index contributed by atoms with van der Waals surface area (Å²) in [5.74, 6) is -0.834. The number of carbonyl (C=O) groups is 2. The standard InChI is InChI=1S/C14H26N2O3/c1-3-4-10-16(2)14(19)15-12(13(17)18)11-8-6-5-7-9-11/h11-12H,3-10H2,1-2H3,(H,15,19)(H,17,18). The minimum absolute atomic E-state index is 0.0785. The maximum Gasteiger partial charge on any atom is 0.326 e. The van der Waals surface area contributed by atoms with Crippen molar-refractivity contribution in [2.24, 2.45) is 5.92 Å². The summed E-state index contributed by atoms with van der Waals surface area (Å²) in [6.45, 7) is 2.73. The van der Waals surface area contributed by atoms with Gasteiger partial charge in [-0.15, -0.1) is 0 Å². The van der Waals surface area contributed by atoms with Gasteiger partial charge in [0, 0.05) is 13.6 Å². The van der Waals surface area contributed by atoms with Gasteiger partial charge in [0.2, 0.25) is 0 Å². The first-order valence-electron chi connectivity index (χ1n) is 7.30. The first kappa shape index (κ1) is 15.8. The average molecular weight is 270 g/mol. The van der Waals surface area contributed by atoms with E-state index in [4.69, 9.17) is 0 Å². The van der Waals surface area contributed by atoms with E-state index in [0.717, 1.165) is 38.5 Å². The topological polar surface area (TPSA) is 69.6 Å². The molecule has 0 aromatic heterocycles. The number of carboxylic acids is 1. The maximum absolute atomic E-state index is 12.0. The van der Waals surface area contributed by atoms with Crippen molar-refractivity contribution in [2.45, 2.75) is 57.9 Å². The lowest BCUT2D eigenvalue weighted by Gasteiger charge is -2.29. The predicted octanol–water partition coefficient (Wildman–Crippen LogP) is 2.46. The van der Waals surface area contributed by atoms with E-state index < -0.39 is 12.0 Å². The maximum atomic E-state index is 12.0. The molecule has 2 N–H and O–H groups in total. The quantitative estimate of drug-likeness (QED) is 0.779. The Morgan fingerprint density at radius 2 is 1.95 bits per heavy atom. The van der Waals surface area contributed by atoms with Crippen LogP contribution in [0.25, 0.3) is 0 Å². The number of hydrogen-bond acceptors (Lipinski definition) is 2. The molecular formula is C14H26N2O3. The van der Waals surface area contributed by atoms with Crippen LogP contribution < -0.4 is 5.32 Å². The Balaban J connectivity index is 2.52. The van der Waals surface area contributed by atoms with Crippen LogP contribution in [0.1, 0.15) is 51.9 Å². The molecule has 110 valence electrons. The molecule has 1 saturated carbocycles. The van der Waals surface area contributed by atoms with Crippen molar-refractivity contribution >= 4 is 12.0 Å². The van der Waals surface area contributed by atoms with E-state index in [1.807, 2.05) is 0 Å². The Kier molecular flexibility index (Phi) is 6.67. The normalized spacial score (nSPS) is 17.8. The van der Waals surface area contributed by atoms with E-state index in [1.165, 1.54) is 6.42 Å². The molecule has 0 aromatic rings. The van der Waals surface area contributed by atoms with Gasteiger partial charge in [-0.25, -0.2) is 9.59 Å². The lowest BCUT2D eigenvalue weighted by Crippen LogP contribution is -2.50. The Hall–Kier alpha value is -1.26. The second-order valence-electron chi connectivity index (χ2n) is 5.44. The second-order valence-corrected chi connectivity index (χ2v) is 5.44. The zero-order valence-corrected chi connectivity index (χ0v) is 12.0. The lowest BCUT2D eigenvalue weighted by atomic mass is 9.84. The minimum atomic E-state index is -0.913. The Bertz CT molecular complexity index is 301. The highest BCUT2D eigenvalue weighted by atomic mass is 16.4. The molecule has 19 heavy (non-hydrogen) atoms. The third-order valence-electron chi connectivity index (χ3n) is 3.86. The molecule has 0 aromatic carbocycles. The summed E-state index contributed by atoms with van der Waals surface area (Å²) in [6, 6.07) is -1.01. The molecule has 0 radical (unpaired) electrons. The molecule has 1 fully saturated rings. The first-order chi connectivity index (χ1) is 9.06. The Morgan fingerprint density at radius 3 is 2.47 bits per heavy atom. The molecule has 5 heteroatoms. The number of carbonyl (C=O) groups excluding carboxylic acids is 1. The van der Waals surface area contributed by atoms with Gasteiger partial charge in [-0.05, 0) is 25.2 Å². The molecular weight excluding hydrogens is 244 g/mol. The summed E-state index contributed by atoms with van der Waals surface area (Å²) in [6.07, 6.45) is 7.05. The molecule has 0 bridgehead atoms. The van der Waals surface area contributed by atoms with Crippen LogP contribution in [0.4, 0.5) is 4.79 Å². The molecule has 1 aliphatic carbocycles. The lowest BCUT2D eigenvalue weighted by molar-refractivity contribution is -0.141. The number of aliphatic carboxylic acids is 1. The van der Waals surface area contributed by atoms with Gasteiger partial charge in [-0.1, -0.05) is 32.6 Å². The van der Waals surface area contributed by atoms with Crippen molar-refractivity contribution in [2.75, 3.05) is 13.6 Å². The van der Waals surface area contributed by atoms with Gasteiger partial charge in [0.05, 0.1) is 0 Å². The van der Waals surface area contributed by atoms with E-state index in [1.54, 1.807) is 11.9 Å². The first-order valence-corrected chi connectivity index (χ1v) is 7.30. The molecule has 0 aliphatic heterocycles. The molecule has 1 rings (SSSR count). The molecule has 0 spiro atoms. The number of rotatable bonds is 6. The average Bonchev–Trinajstić information content (AvgIpc) is 2.42. The van der Waals surface area contributed by atoms with Crippen LogP contribution in [0.15, 0.2) is 0 Å². The summed E-state index contributed by atoms with van der Waals surface area (Å²) in [5, 5.41) is 12.0. The van der Waals surface area contributed by atoms with Crippen LogP contribution >= 0.6 is 0 Å². The van der Waals surface area contributed by atoms with Gasteiger partial charge in [0.25, 0.3) is 0 Å². The van der Waals surface area contributed by atoms with Crippen molar-refractivity contribution in [3.05, 3.63) is 0 Å². The van der Waals surface area contributed by atoms with Gasteiger partial charge in [-0.2, -0.15) is 0 Å². The number of unbranched alkanes of at least 4 members (excludes halogenated alkanes) is 1. The highest BCUT2D eigenvalue weighted by Gasteiger charge is 2.31. The summed E-state index contributed by atoms with van der Waals surface area (Å²) >= 11 is 0. The van der Waals surface area contributed by atoms with E-state index in [9.17, 15) is 14.7 Å². The fraction of sp³-hybridized carbons (Fsp3) is 0.857. The molecule has 1 atom stereocenters. The van der Waals surface area contributed by atoms with Gasteiger partial charge < -0.3 is 15.3 Å². The number of carboxylic acid groups (broad SMARTS) is 1. The third kappa shape index (κ3) is 5.09. The monoisotopic (exact) mass is 270 g/mol. The van der Waals surface area contributed by atoms with Crippen LogP contribution in [-0.4, -0.2) is 41.6 Å².